The number of hydrogen-bond donors (Lipinski definition) is 0. The highest BCUT2D eigenvalue weighted by molar-refractivity contribution is 6.92. The second-order valence-corrected chi connectivity index (χ2v) is 10.9. The first-order valence-electron chi connectivity index (χ1n) is 14.2. The molecule has 0 aliphatic carbocycles. The molecule has 0 N–H and O–H groups in total. The first-order valence-corrected chi connectivity index (χ1v) is 14.2. The Morgan fingerprint density at radius 2 is 1.14 bits per heavy atom. The SMILES string of the molecule is C1=CN(c2ccc3c(c2)N2B(c4ccccc4-3)c3ccccc3-c3ccc(-n4ccnn4)cc32)CN1c1ccccc1. The fourth-order valence-electron chi connectivity index (χ4n) is 6.75. The summed E-state index contributed by atoms with van der Waals surface area (Å²) in [5.74, 6) is 0. The number of rotatable bonds is 3. The van der Waals surface area contributed by atoms with Crippen LogP contribution in [0.2, 0.25) is 0 Å². The molecule has 0 bridgehead atoms. The summed E-state index contributed by atoms with van der Waals surface area (Å²) >= 11 is 0. The second-order valence-electron chi connectivity index (χ2n) is 10.9. The van der Waals surface area contributed by atoms with Crippen molar-refractivity contribution in [1.29, 1.82) is 0 Å². The van der Waals surface area contributed by atoms with E-state index in [1.54, 1.807) is 6.20 Å². The molecule has 198 valence electrons. The molecule has 1 aromatic heterocycles. The third-order valence-corrected chi connectivity index (χ3v) is 8.67. The third-order valence-electron chi connectivity index (χ3n) is 8.67. The summed E-state index contributed by atoms with van der Waals surface area (Å²) in [5.41, 5.74) is 13.4. The van der Waals surface area contributed by atoms with Gasteiger partial charge in [0, 0.05) is 46.3 Å². The summed E-state index contributed by atoms with van der Waals surface area (Å²) < 4.78 is 1.83. The first-order chi connectivity index (χ1) is 20.8. The maximum Gasteiger partial charge on any atom is 0.329 e. The summed E-state index contributed by atoms with van der Waals surface area (Å²) in [6, 6.07) is 41.7. The van der Waals surface area contributed by atoms with Crippen LogP contribution in [0.4, 0.5) is 22.7 Å². The van der Waals surface area contributed by atoms with Gasteiger partial charge >= 0.3 is 6.85 Å². The zero-order chi connectivity index (χ0) is 27.6. The summed E-state index contributed by atoms with van der Waals surface area (Å²) in [4.78, 5) is 7.12. The van der Waals surface area contributed by atoms with E-state index in [4.69, 9.17) is 0 Å². The van der Waals surface area contributed by atoms with Crippen LogP contribution in [0.1, 0.15) is 0 Å². The first kappa shape index (κ1) is 23.2. The fraction of sp³-hybridized carbons (Fsp3) is 0.0286. The van der Waals surface area contributed by atoms with Gasteiger partial charge in [-0.25, -0.2) is 4.68 Å². The number of nitrogens with zero attached hydrogens (tertiary/aromatic N) is 6. The van der Waals surface area contributed by atoms with Crippen LogP contribution in [-0.2, 0) is 0 Å². The minimum absolute atomic E-state index is 0.0496. The number of aromatic nitrogens is 3. The maximum absolute atomic E-state index is 4.29. The van der Waals surface area contributed by atoms with Crippen LogP contribution in [0.5, 0.6) is 0 Å². The van der Waals surface area contributed by atoms with Gasteiger partial charge in [-0.2, -0.15) is 0 Å². The van der Waals surface area contributed by atoms with Gasteiger partial charge in [0.05, 0.1) is 24.7 Å². The Morgan fingerprint density at radius 1 is 0.548 bits per heavy atom. The van der Waals surface area contributed by atoms with Crippen LogP contribution >= 0.6 is 0 Å². The van der Waals surface area contributed by atoms with Crippen molar-refractivity contribution in [1.82, 2.24) is 15.0 Å². The molecule has 0 atom stereocenters. The predicted octanol–water partition coefficient (Wildman–Crippen LogP) is 5.93. The lowest BCUT2D eigenvalue weighted by Gasteiger charge is -2.43. The molecule has 6 aromatic rings. The standard InChI is InChI=1S/C35H25BN6/c1-2-8-25(9-3-1)39-20-21-40(24-39)26-14-16-30-28-10-4-6-12-32(28)36-33-13-7-5-11-29(33)31-17-15-27(41-19-18-37-38-41)23-35(31)42(36)34(30)22-26/h1-23H,24H2. The molecule has 3 aliphatic rings. The van der Waals surface area contributed by atoms with E-state index in [2.05, 4.69) is 153 Å². The van der Waals surface area contributed by atoms with Gasteiger partial charge in [0.15, 0.2) is 0 Å². The van der Waals surface area contributed by atoms with Gasteiger partial charge in [-0.15, -0.1) is 5.10 Å². The summed E-state index contributed by atoms with van der Waals surface area (Å²) in [6.07, 6.45) is 7.94. The highest BCUT2D eigenvalue weighted by Crippen LogP contribution is 2.47. The minimum Gasteiger partial charge on any atom is -0.376 e. The van der Waals surface area contributed by atoms with Crippen molar-refractivity contribution < 1.29 is 0 Å². The largest absolute Gasteiger partial charge is 0.376 e. The van der Waals surface area contributed by atoms with E-state index in [1.165, 1.54) is 50.2 Å². The highest BCUT2D eigenvalue weighted by atomic mass is 15.4. The van der Waals surface area contributed by atoms with Crippen LogP contribution < -0.4 is 25.5 Å². The van der Waals surface area contributed by atoms with E-state index in [0.717, 1.165) is 18.0 Å². The Bertz CT molecular complexity index is 2000. The molecule has 0 fully saturated rings. The molecule has 0 saturated carbocycles. The minimum atomic E-state index is 0.0496. The monoisotopic (exact) mass is 540 g/mol. The summed E-state index contributed by atoms with van der Waals surface area (Å²) in [5, 5.41) is 8.35. The fourth-order valence-corrected chi connectivity index (χ4v) is 6.75. The molecule has 0 saturated heterocycles. The highest BCUT2D eigenvalue weighted by Gasteiger charge is 2.42. The summed E-state index contributed by atoms with van der Waals surface area (Å²) in [6.45, 7) is 0.812. The lowest BCUT2D eigenvalue weighted by Crippen LogP contribution is -2.59. The van der Waals surface area contributed by atoms with Crippen LogP contribution in [-0.4, -0.2) is 28.5 Å². The van der Waals surface area contributed by atoms with Gasteiger partial charge in [-0.05, 0) is 58.5 Å². The van der Waals surface area contributed by atoms with Gasteiger partial charge < -0.3 is 14.6 Å². The van der Waals surface area contributed by atoms with Gasteiger partial charge in [-0.1, -0.05) is 84.1 Å². The molecule has 6 nitrogen and oxygen atoms in total. The van der Waals surface area contributed by atoms with E-state index < -0.39 is 0 Å². The van der Waals surface area contributed by atoms with Crippen LogP contribution in [0, 0.1) is 0 Å². The number of fused-ring (bicyclic) bond motifs is 11. The summed E-state index contributed by atoms with van der Waals surface area (Å²) in [7, 11) is 0. The molecule has 42 heavy (non-hydrogen) atoms. The van der Waals surface area contributed by atoms with Gasteiger partial charge in [0.2, 0.25) is 0 Å². The van der Waals surface area contributed by atoms with E-state index in [9.17, 15) is 0 Å². The van der Waals surface area contributed by atoms with Crippen molar-refractivity contribution >= 4 is 40.5 Å². The van der Waals surface area contributed by atoms with E-state index in [0.29, 0.717) is 0 Å². The Balaban J connectivity index is 1.24. The molecule has 9 rings (SSSR count). The smallest absolute Gasteiger partial charge is 0.329 e. The van der Waals surface area contributed by atoms with Crippen LogP contribution in [0.25, 0.3) is 27.9 Å². The van der Waals surface area contributed by atoms with Crippen molar-refractivity contribution in [3.8, 4) is 27.9 Å². The predicted molar refractivity (Wildman–Crippen MR) is 171 cm³/mol. The van der Waals surface area contributed by atoms with Crippen molar-refractivity contribution in [2.45, 2.75) is 0 Å². The average molecular weight is 540 g/mol. The van der Waals surface area contributed by atoms with Gasteiger partial charge in [0.1, 0.15) is 0 Å². The number of para-hydroxylation sites is 1. The van der Waals surface area contributed by atoms with Crippen molar-refractivity contribution in [2.75, 3.05) is 21.3 Å². The van der Waals surface area contributed by atoms with Crippen LogP contribution in [0.15, 0.2) is 140 Å². The third kappa shape index (κ3) is 3.40. The Hall–Kier alpha value is -5.56. The molecule has 3 aliphatic heterocycles. The Kier molecular flexibility index (Phi) is 4.95. The molecule has 7 heteroatoms. The molecule has 4 heterocycles. The van der Waals surface area contributed by atoms with Gasteiger partial charge in [0.25, 0.3) is 0 Å². The molecule has 0 unspecified atom stereocenters. The molecule has 0 spiro atoms. The van der Waals surface area contributed by atoms with E-state index in [1.807, 2.05) is 10.9 Å². The van der Waals surface area contributed by atoms with E-state index in [-0.39, 0.29) is 6.85 Å². The molecule has 5 aromatic carbocycles. The Morgan fingerprint density at radius 3 is 1.81 bits per heavy atom. The quantitative estimate of drug-likeness (QED) is 0.261. The average Bonchev–Trinajstić information content (AvgIpc) is 3.78. The van der Waals surface area contributed by atoms with Crippen molar-refractivity contribution in [3.05, 3.63) is 140 Å². The molecule has 0 amide bonds. The zero-order valence-corrected chi connectivity index (χ0v) is 22.7. The number of anilines is 4. The topological polar surface area (TPSA) is 40.4 Å². The van der Waals surface area contributed by atoms with Crippen molar-refractivity contribution in [2.24, 2.45) is 0 Å². The van der Waals surface area contributed by atoms with E-state index >= 15 is 0 Å². The lowest BCUT2D eigenvalue weighted by molar-refractivity contribution is 0.803. The zero-order valence-electron chi connectivity index (χ0n) is 22.7. The second kappa shape index (κ2) is 8.98. The molecular formula is C35H25BN6. The Labute approximate surface area is 244 Å². The number of hydrogen-bond acceptors (Lipinski definition) is 5. The normalized spacial score (nSPS) is 14.3. The lowest BCUT2D eigenvalue weighted by atomic mass is 9.43. The number of benzene rings is 5. The van der Waals surface area contributed by atoms with Crippen molar-refractivity contribution in [3.63, 3.8) is 0 Å². The van der Waals surface area contributed by atoms with Crippen LogP contribution in [0.3, 0.4) is 0 Å². The maximum atomic E-state index is 4.29. The molecule has 0 radical (unpaired) electrons. The van der Waals surface area contributed by atoms with Gasteiger partial charge in [-0.3, -0.25) is 0 Å². The molecular weight excluding hydrogens is 515 g/mol.